The molecule has 0 aliphatic carbocycles. The first-order chi connectivity index (χ1) is 24.1. The van der Waals surface area contributed by atoms with Gasteiger partial charge in [-0.2, -0.15) is 25.6 Å². The molecule has 0 bridgehead atoms. The highest BCUT2D eigenvalue weighted by Crippen LogP contribution is 2.37. The molecular weight excluding hydrogens is 653 g/mol. The van der Waals surface area contributed by atoms with Crippen molar-refractivity contribution in [3.8, 4) is 18.1 Å². The third-order valence-corrected chi connectivity index (χ3v) is 11.8. The number of benzene rings is 1. The highest BCUT2D eigenvalue weighted by Gasteiger charge is 2.34. The highest BCUT2D eigenvalue weighted by atomic mass is 28.3. The van der Waals surface area contributed by atoms with E-state index in [9.17, 15) is 20.4 Å². The number of rotatable bonds is 12. The van der Waals surface area contributed by atoms with E-state index in [2.05, 4.69) is 65.5 Å². The second kappa shape index (κ2) is 15.2. The number of amides is 1. The van der Waals surface area contributed by atoms with Crippen molar-refractivity contribution in [1.29, 1.82) is 10.5 Å². The van der Waals surface area contributed by atoms with Crippen LogP contribution in [0.3, 0.4) is 0 Å². The molecule has 5 heterocycles. The molecule has 1 aromatic carbocycles. The summed E-state index contributed by atoms with van der Waals surface area (Å²) in [7, 11) is -1.19. The number of nitrogens with zero attached hydrogens (tertiary/aromatic N) is 10. The van der Waals surface area contributed by atoms with Gasteiger partial charge in [0.25, 0.3) is 0 Å². The summed E-state index contributed by atoms with van der Waals surface area (Å²) in [6.45, 7) is 14.3. The van der Waals surface area contributed by atoms with Gasteiger partial charge in [0, 0.05) is 57.9 Å². The fraction of sp³-hybridized carbons (Fsp3) is 0.600. The zero-order chi connectivity index (χ0) is 35.4. The molecular formula is C35H48N10O4Si. The molecule has 266 valence electrons. The van der Waals surface area contributed by atoms with Crippen LogP contribution in [-0.2, 0) is 24.4 Å². The molecule has 2 saturated heterocycles. The number of aryl methyl sites for hydroxylation is 1. The van der Waals surface area contributed by atoms with Gasteiger partial charge in [-0.3, -0.25) is 4.90 Å². The normalized spacial score (nSPS) is 19.8. The van der Waals surface area contributed by atoms with Gasteiger partial charge < -0.3 is 29.3 Å². The third-order valence-electron chi connectivity index (χ3n) is 10.1. The summed E-state index contributed by atoms with van der Waals surface area (Å²) >= 11 is 0. The van der Waals surface area contributed by atoms with Crippen LogP contribution in [0.4, 0.5) is 16.3 Å². The summed E-state index contributed by atoms with van der Waals surface area (Å²) in [5.41, 5.74) is 5.18. The van der Waals surface area contributed by atoms with E-state index in [4.69, 9.17) is 24.5 Å². The van der Waals surface area contributed by atoms with Crippen LogP contribution in [0.2, 0.25) is 25.7 Å². The number of anilines is 2. The van der Waals surface area contributed by atoms with Crippen LogP contribution >= 0.6 is 0 Å². The molecule has 2 aromatic heterocycles. The van der Waals surface area contributed by atoms with Gasteiger partial charge >= 0.3 is 12.1 Å². The number of carboxylic acid groups (broad SMARTS) is 1. The van der Waals surface area contributed by atoms with Crippen LogP contribution in [0.5, 0.6) is 6.01 Å². The Balaban J connectivity index is 1.29. The first-order valence-electron chi connectivity index (χ1n) is 17.6. The van der Waals surface area contributed by atoms with Crippen LogP contribution in [0.25, 0.3) is 10.9 Å². The van der Waals surface area contributed by atoms with E-state index in [1.54, 1.807) is 0 Å². The van der Waals surface area contributed by atoms with Gasteiger partial charge in [-0.05, 0) is 50.4 Å². The molecule has 0 radical (unpaired) electrons. The number of aromatic nitrogens is 4. The van der Waals surface area contributed by atoms with Gasteiger partial charge in [0.05, 0.1) is 60.8 Å². The SMILES string of the molecule is Cc1ccc2c(cnn2COCC[Si](C)(C)C)c1N1CCc2c(nc(OCC3CCCN3CC#N)nc2N2CCN(C(=O)O)C(CC#N)C2)C1. The molecule has 1 amide bonds. The predicted molar refractivity (Wildman–Crippen MR) is 192 cm³/mol. The zero-order valence-electron chi connectivity index (χ0n) is 29.6. The molecule has 50 heavy (non-hydrogen) atoms. The largest absolute Gasteiger partial charge is 0.465 e. The summed E-state index contributed by atoms with van der Waals surface area (Å²) in [5.74, 6) is 0.746. The van der Waals surface area contributed by atoms with E-state index >= 15 is 0 Å². The Morgan fingerprint density at radius 3 is 2.68 bits per heavy atom. The lowest BCUT2D eigenvalue weighted by molar-refractivity contribution is 0.0817. The maximum atomic E-state index is 12.0. The second-order valence-corrected chi connectivity index (χ2v) is 20.4. The van der Waals surface area contributed by atoms with Crippen LogP contribution in [0.1, 0.15) is 36.1 Å². The topological polar surface area (TPSA) is 160 Å². The summed E-state index contributed by atoms with van der Waals surface area (Å²) in [6.07, 6.45) is 3.67. The minimum atomic E-state index is -1.19. The molecule has 3 aliphatic rings. The van der Waals surface area contributed by atoms with Crippen LogP contribution in [-0.4, -0.2) is 113 Å². The monoisotopic (exact) mass is 700 g/mol. The fourth-order valence-corrected chi connectivity index (χ4v) is 8.10. The van der Waals surface area contributed by atoms with Gasteiger partial charge in [-0.15, -0.1) is 0 Å². The predicted octanol–water partition coefficient (Wildman–Crippen LogP) is 4.46. The summed E-state index contributed by atoms with van der Waals surface area (Å²) in [4.78, 5) is 29.8. The summed E-state index contributed by atoms with van der Waals surface area (Å²) in [6, 6.07) is 9.71. The maximum absolute atomic E-state index is 12.0. The molecule has 2 fully saturated rings. The molecule has 0 saturated carbocycles. The van der Waals surface area contributed by atoms with Crippen molar-refractivity contribution in [3.05, 3.63) is 35.2 Å². The Morgan fingerprint density at radius 2 is 1.92 bits per heavy atom. The molecule has 2 unspecified atom stereocenters. The molecule has 6 rings (SSSR count). The van der Waals surface area contributed by atoms with Crippen molar-refractivity contribution in [1.82, 2.24) is 29.5 Å². The van der Waals surface area contributed by atoms with Crippen molar-refractivity contribution in [3.63, 3.8) is 0 Å². The van der Waals surface area contributed by atoms with E-state index in [-0.39, 0.29) is 25.0 Å². The number of likely N-dealkylation sites (tertiary alicyclic amines) is 1. The molecule has 3 aromatic rings. The second-order valence-electron chi connectivity index (χ2n) is 14.8. The lowest BCUT2D eigenvalue weighted by atomic mass is 10.0. The lowest BCUT2D eigenvalue weighted by Crippen LogP contribution is -2.55. The van der Waals surface area contributed by atoms with Crippen molar-refractivity contribution in [2.45, 2.75) is 83.7 Å². The molecule has 2 atom stereocenters. The minimum absolute atomic E-state index is 0.101. The Morgan fingerprint density at radius 1 is 1.08 bits per heavy atom. The summed E-state index contributed by atoms with van der Waals surface area (Å²) in [5, 5.41) is 34.4. The first kappa shape index (κ1) is 35.4. The smallest absolute Gasteiger partial charge is 0.407 e. The van der Waals surface area contributed by atoms with Gasteiger partial charge in [0.1, 0.15) is 19.2 Å². The Labute approximate surface area is 294 Å². The molecule has 15 heteroatoms. The Hall–Kier alpha value is -4.44. The molecule has 3 aliphatic heterocycles. The highest BCUT2D eigenvalue weighted by molar-refractivity contribution is 6.76. The lowest BCUT2D eigenvalue weighted by Gasteiger charge is -2.41. The van der Waals surface area contributed by atoms with Crippen molar-refractivity contribution < 1.29 is 19.4 Å². The van der Waals surface area contributed by atoms with Crippen LogP contribution < -0.4 is 14.5 Å². The van der Waals surface area contributed by atoms with Gasteiger partial charge in [-0.25, -0.2) is 9.48 Å². The molecule has 1 N–H and O–H groups in total. The standard InChI is InChI=1S/C35H48N10O4Si/c1-25-7-8-31-29(20-38-45(31)24-48-18-19-50(2,3)4)32(25)42-14-10-28-30(22-42)39-34(49-23-27-6-5-13-41(27)15-12-37)40-33(28)43-16-17-44(35(46)47)26(21-43)9-11-36/h7-8,20,26-27H,5-6,9-10,13-19,21-24H2,1-4H3,(H,46,47). The average Bonchev–Trinajstić information content (AvgIpc) is 3.71. The number of hydrogen-bond donors (Lipinski definition) is 1. The number of hydrogen-bond acceptors (Lipinski definition) is 11. The van der Waals surface area contributed by atoms with Crippen LogP contribution in [0, 0.1) is 29.6 Å². The number of ether oxygens (including phenoxy) is 2. The van der Waals surface area contributed by atoms with Crippen LogP contribution in [0.15, 0.2) is 18.3 Å². The quantitative estimate of drug-likeness (QED) is 0.161. The molecule has 0 spiro atoms. The number of carbonyl (C=O) groups is 1. The van der Waals surface area contributed by atoms with Crippen molar-refractivity contribution in [2.24, 2.45) is 0 Å². The van der Waals surface area contributed by atoms with E-state index in [0.29, 0.717) is 45.9 Å². The Bertz CT molecular complexity index is 1780. The molecule has 14 nitrogen and oxygen atoms in total. The number of piperazine rings is 1. The maximum Gasteiger partial charge on any atom is 0.407 e. The summed E-state index contributed by atoms with van der Waals surface area (Å²) < 4.78 is 14.3. The van der Waals surface area contributed by atoms with Gasteiger partial charge in [0.15, 0.2) is 0 Å². The third kappa shape index (κ3) is 7.80. The van der Waals surface area contributed by atoms with Gasteiger partial charge in [0.2, 0.25) is 0 Å². The van der Waals surface area contributed by atoms with Gasteiger partial charge in [-0.1, -0.05) is 25.7 Å². The van der Waals surface area contributed by atoms with Crippen molar-refractivity contribution in [2.75, 3.05) is 62.3 Å². The fourth-order valence-electron chi connectivity index (χ4n) is 7.34. The van der Waals surface area contributed by atoms with E-state index in [1.807, 2.05) is 10.9 Å². The van der Waals surface area contributed by atoms with E-state index in [0.717, 1.165) is 77.8 Å². The minimum Gasteiger partial charge on any atom is -0.465 e. The van der Waals surface area contributed by atoms with E-state index in [1.165, 1.54) is 4.90 Å². The number of nitriles is 2. The zero-order valence-corrected chi connectivity index (χ0v) is 30.6. The van der Waals surface area contributed by atoms with Crippen molar-refractivity contribution >= 4 is 36.6 Å². The Kier molecular flexibility index (Phi) is 10.8. The van der Waals surface area contributed by atoms with E-state index < -0.39 is 20.2 Å². The average molecular weight is 701 g/mol. The first-order valence-corrected chi connectivity index (χ1v) is 21.3. The number of fused-ring (bicyclic) bond motifs is 2.